The number of benzene rings is 1. The average molecular weight is 396 g/mol. The molecule has 0 spiro atoms. The van der Waals surface area contributed by atoms with E-state index in [1.54, 1.807) is 39.8 Å². The van der Waals surface area contributed by atoms with Gasteiger partial charge in [0, 0.05) is 5.56 Å². The van der Waals surface area contributed by atoms with Gasteiger partial charge in [0.05, 0.1) is 20.3 Å². The molecular formula is C19H28N2O7. The van der Waals surface area contributed by atoms with Gasteiger partial charge in [-0.1, -0.05) is 6.92 Å². The van der Waals surface area contributed by atoms with Gasteiger partial charge in [0.2, 0.25) is 0 Å². The normalized spacial score (nSPS) is 13.1. The van der Waals surface area contributed by atoms with Crippen LogP contribution >= 0.6 is 0 Å². The lowest BCUT2D eigenvalue weighted by molar-refractivity contribution is -0.156. The van der Waals surface area contributed by atoms with Crippen LogP contribution in [-0.2, 0) is 14.3 Å². The predicted molar refractivity (Wildman–Crippen MR) is 100 cm³/mol. The third kappa shape index (κ3) is 6.41. The zero-order chi connectivity index (χ0) is 21.5. The zero-order valence-corrected chi connectivity index (χ0v) is 17.0. The number of esters is 1. The number of rotatable bonds is 7. The molecule has 2 amide bonds. The molecule has 0 aromatic heterocycles. The molecule has 0 fully saturated rings. The van der Waals surface area contributed by atoms with E-state index in [0.717, 1.165) is 7.11 Å². The van der Waals surface area contributed by atoms with Gasteiger partial charge in [-0.2, -0.15) is 5.06 Å². The molecule has 1 aromatic carbocycles. The Balaban J connectivity index is 3.04. The van der Waals surface area contributed by atoms with Gasteiger partial charge in [0.25, 0.3) is 5.91 Å². The minimum absolute atomic E-state index is 0.151. The zero-order valence-electron chi connectivity index (χ0n) is 17.0. The SMILES string of the molecule is CC[C@@H]([C@@H](NC(=O)c1ccc(OC)cc1)C(=O)OC)N(O)C(=O)OC(C)(C)C. The molecule has 0 saturated heterocycles. The second-order valence-corrected chi connectivity index (χ2v) is 7.00. The Bertz CT molecular complexity index is 683. The monoisotopic (exact) mass is 396 g/mol. The summed E-state index contributed by atoms with van der Waals surface area (Å²) in [6.45, 7) is 6.57. The fourth-order valence-electron chi connectivity index (χ4n) is 2.40. The molecule has 1 aromatic rings. The summed E-state index contributed by atoms with van der Waals surface area (Å²) in [7, 11) is 2.65. The first kappa shape index (κ1) is 23.2. The lowest BCUT2D eigenvalue weighted by atomic mass is 10.0. The van der Waals surface area contributed by atoms with Crippen molar-refractivity contribution in [3.63, 3.8) is 0 Å². The number of amides is 2. The Morgan fingerprint density at radius 1 is 1.14 bits per heavy atom. The topological polar surface area (TPSA) is 114 Å². The van der Waals surface area contributed by atoms with Crippen LogP contribution in [0, 0.1) is 0 Å². The van der Waals surface area contributed by atoms with Gasteiger partial charge < -0.3 is 19.5 Å². The van der Waals surface area contributed by atoms with Gasteiger partial charge in [-0.25, -0.2) is 9.59 Å². The molecule has 0 aliphatic rings. The Labute approximate surface area is 164 Å². The summed E-state index contributed by atoms with van der Waals surface area (Å²) in [5.41, 5.74) is -0.574. The maximum Gasteiger partial charge on any atom is 0.434 e. The highest BCUT2D eigenvalue weighted by Gasteiger charge is 2.37. The molecular weight excluding hydrogens is 368 g/mol. The van der Waals surface area contributed by atoms with Gasteiger partial charge in [-0.15, -0.1) is 0 Å². The average Bonchev–Trinajstić information content (AvgIpc) is 2.65. The smallest absolute Gasteiger partial charge is 0.434 e. The highest BCUT2D eigenvalue weighted by atomic mass is 16.6. The molecule has 0 unspecified atom stereocenters. The van der Waals surface area contributed by atoms with E-state index in [1.807, 2.05) is 0 Å². The van der Waals surface area contributed by atoms with Crippen molar-refractivity contribution in [3.8, 4) is 5.75 Å². The number of hydroxylamine groups is 2. The summed E-state index contributed by atoms with van der Waals surface area (Å²) in [4.78, 5) is 37.0. The Hall–Kier alpha value is -2.81. The predicted octanol–water partition coefficient (Wildman–Crippen LogP) is 2.37. The number of ether oxygens (including phenoxy) is 3. The fraction of sp³-hybridized carbons (Fsp3) is 0.526. The fourth-order valence-corrected chi connectivity index (χ4v) is 2.40. The second kappa shape index (κ2) is 9.93. The van der Waals surface area contributed by atoms with E-state index in [9.17, 15) is 19.6 Å². The van der Waals surface area contributed by atoms with Crippen LogP contribution in [0.2, 0.25) is 0 Å². The molecule has 0 aliphatic heterocycles. The van der Waals surface area contributed by atoms with E-state index < -0.39 is 35.7 Å². The van der Waals surface area contributed by atoms with Gasteiger partial charge >= 0.3 is 12.1 Å². The molecule has 0 saturated carbocycles. The summed E-state index contributed by atoms with van der Waals surface area (Å²) in [6, 6.07) is 3.84. The lowest BCUT2D eigenvalue weighted by Crippen LogP contribution is -2.57. The van der Waals surface area contributed by atoms with E-state index in [0.29, 0.717) is 10.8 Å². The minimum Gasteiger partial charge on any atom is -0.497 e. The van der Waals surface area contributed by atoms with Crippen LogP contribution in [0.5, 0.6) is 5.75 Å². The van der Waals surface area contributed by atoms with Crippen LogP contribution in [0.3, 0.4) is 0 Å². The molecule has 2 atom stereocenters. The molecule has 2 N–H and O–H groups in total. The Morgan fingerprint density at radius 2 is 1.71 bits per heavy atom. The van der Waals surface area contributed by atoms with Gasteiger partial charge in [0.1, 0.15) is 11.4 Å². The van der Waals surface area contributed by atoms with Crippen LogP contribution < -0.4 is 10.1 Å². The van der Waals surface area contributed by atoms with Crippen molar-refractivity contribution >= 4 is 18.0 Å². The number of carbonyl (C=O) groups is 3. The minimum atomic E-state index is -1.30. The molecule has 28 heavy (non-hydrogen) atoms. The lowest BCUT2D eigenvalue weighted by Gasteiger charge is -2.32. The van der Waals surface area contributed by atoms with Crippen molar-refractivity contribution in [2.24, 2.45) is 0 Å². The van der Waals surface area contributed by atoms with E-state index in [-0.39, 0.29) is 12.0 Å². The van der Waals surface area contributed by atoms with Gasteiger partial charge in [0.15, 0.2) is 6.04 Å². The summed E-state index contributed by atoms with van der Waals surface area (Å²) in [6.07, 6.45) is -0.884. The van der Waals surface area contributed by atoms with E-state index in [4.69, 9.17) is 14.2 Å². The third-order valence-electron chi connectivity index (χ3n) is 3.79. The van der Waals surface area contributed by atoms with Crippen molar-refractivity contribution < 1.29 is 33.8 Å². The molecule has 0 bridgehead atoms. The number of nitrogens with one attached hydrogen (secondary N) is 1. The van der Waals surface area contributed by atoms with Crippen molar-refractivity contribution in [3.05, 3.63) is 29.8 Å². The van der Waals surface area contributed by atoms with Crippen molar-refractivity contribution in [1.29, 1.82) is 0 Å². The van der Waals surface area contributed by atoms with Crippen LogP contribution in [0.25, 0.3) is 0 Å². The maximum absolute atomic E-state index is 12.5. The molecule has 1 rings (SSSR count). The number of methoxy groups -OCH3 is 2. The number of hydrogen-bond acceptors (Lipinski definition) is 7. The third-order valence-corrected chi connectivity index (χ3v) is 3.79. The molecule has 156 valence electrons. The van der Waals surface area contributed by atoms with Crippen LogP contribution in [0.1, 0.15) is 44.5 Å². The van der Waals surface area contributed by atoms with Gasteiger partial charge in [-0.05, 0) is 51.5 Å². The molecule has 0 radical (unpaired) electrons. The van der Waals surface area contributed by atoms with E-state index in [2.05, 4.69) is 5.32 Å². The first-order chi connectivity index (χ1) is 13.0. The standard InChI is InChI=1S/C19H28N2O7/c1-7-14(21(25)18(24)28-19(2,3)4)15(17(23)27-6)20-16(22)12-8-10-13(26-5)11-9-12/h8-11,14-15,25H,7H2,1-6H3,(H,20,22)/t14-,15+/m0/s1. The largest absolute Gasteiger partial charge is 0.497 e. The number of carbonyl (C=O) groups excluding carboxylic acids is 3. The summed E-state index contributed by atoms with van der Waals surface area (Å²) in [5.74, 6) is -0.815. The van der Waals surface area contributed by atoms with Gasteiger partial charge in [-0.3, -0.25) is 10.0 Å². The van der Waals surface area contributed by atoms with E-state index in [1.165, 1.54) is 19.2 Å². The highest BCUT2D eigenvalue weighted by Crippen LogP contribution is 2.16. The summed E-state index contributed by atoms with van der Waals surface area (Å²) in [5, 5.41) is 13.1. The van der Waals surface area contributed by atoms with Crippen molar-refractivity contribution in [2.45, 2.75) is 51.8 Å². The highest BCUT2D eigenvalue weighted by molar-refractivity contribution is 5.97. The van der Waals surface area contributed by atoms with E-state index >= 15 is 0 Å². The van der Waals surface area contributed by atoms with Crippen LogP contribution in [0.15, 0.2) is 24.3 Å². The quantitative estimate of drug-likeness (QED) is 0.413. The van der Waals surface area contributed by atoms with Crippen LogP contribution in [-0.4, -0.2) is 60.1 Å². The van der Waals surface area contributed by atoms with Crippen molar-refractivity contribution in [2.75, 3.05) is 14.2 Å². The Kier molecular flexibility index (Phi) is 8.24. The van der Waals surface area contributed by atoms with Crippen molar-refractivity contribution in [1.82, 2.24) is 10.4 Å². The first-order valence-electron chi connectivity index (χ1n) is 8.77. The first-order valence-corrected chi connectivity index (χ1v) is 8.77. The molecule has 9 nitrogen and oxygen atoms in total. The summed E-state index contributed by atoms with van der Waals surface area (Å²) >= 11 is 0. The molecule has 0 heterocycles. The van der Waals surface area contributed by atoms with Crippen LogP contribution in [0.4, 0.5) is 4.79 Å². The molecule has 9 heteroatoms. The molecule has 0 aliphatic carbocycles. The number of hydrogen-bond donors (Lipinski definition) is 2. The maximum atomic E-state index is 12.5. The second-order valence-electron chi connectivity index (χ2n) is 7.00. The Morgan fingerprint density at radius 3 is 2.14 bits per heavy atom. The number of nitrogens with zero attached hydrogens (tertiary/aromatic N) is 1. The summed E-state index contributed by atoms with van der Waals surface area (Å²) < 4.78 is 14.9.